The lowest BCUT2D eigenvalue weighted by molar-refractivity contribution is -0.126. The number of carbonyl (C=O) groups excluding carboxylic acids is 2. The summed E-state index contributed by atoms with van der Waals surface area (Å²) in [4.78, 5) is 24.0. The van der Waals surface area contributed by atoms with Crippen molar-refractivity contribution in [3.8, 4) is 11.5 Å². The van der Waals surface area contributed by atoms with Crippen LogP contribution in [0.2, 0.25) is 0 Å². The van der Waals surface area contributed by atoms with Crippen LogP contribution in [0.15, 0.2) is 48.5 Å². The first-order valence-corrected chi connectivity index (χ1v) is 8.40. The lowest BCUT2D eigenvalue weighted by Crippen LogP contribution is -2.09. The molecule has 0 radical (unpaired) electrons. The summed E-state index contributed by atoms with van der Waals surface area (Å²) in [5.41, 5.74) is 2.14. The van der Waals surface area contributed by atoms with Gasteiger partial charge in [-0.1, -0.05) is 24.3 Å². The first-order valence-electron chi connectivity index (χ1n) is 8.40. The molecule has 2 aromatic carbocycles. The van der Waals surface area contributed by atoms with Gasteiger partial charge in [0, 0.05) is 12.8 Å². The Balaban J connectivity index is 1.70. The quantitative estimate of drug-likeness (QED) is 0.617. The molecule has 0 unspecified atom stereocenters. The van der Waals surface area contributed by atoms with Crippen LogP contribution in [0.4, 0.5) is 0 Å². The predicted octanol–water partition coefficient (Wildman–Crippen LogP) is 3.80. The van der Waals surface area contributed by atoms with Gasteiger partial charge in [0.1, 0.15) is 23.1 Å². The van der Waals surface area contributed by atoms with E-state index in [4.69, 9.17) is 9.47 Å². The molecule has 0 fully saturated rings. The average Bonchev–Trinajstić information content (AvgIpc) is 2.65. The van der Waals surface area contributed by atoms with Crippen molar-refractivity contribution >= 4 is 11.6 Å². The number of methoxy groups -OCH3 is 2. The Labute approximate surface area is 148 Å². The second-order valence-corrected chi connectivity index (χ2v) is 5.95. The highest BCUT2D eigenvalue weighted by Crippen LogP contribution is 2.14. The summed E-state index contributed by atoms with van der Waals surface area (Å²) in [7, 11) is 3.24. The van der Waals surface area contributed by atoms with Crippen molar-refractivity contribution in [2.24, 2.45) is 0 Å². The minimum atomic E-state index is -0.00412. The fourth-order valence-corrected chi connectivity index (χ4v) is 2.55. The van der Waals surface area contributed by atoms with Crippen LogP contribution in [0.3, 0.4) is 0 Å². The summed E-state index contributed by atoms with van der Waals surface area (Å²) in [6.45, 7) is 0. The molecule has 2 rings (SSSR count). The lowest BCUT2D eigenvalue weighted by Gasteiger charge is -2.05. The Hall–Kier alpha value is -2.62. The van der Waals surface area contributed by atoms with Crippen molar-refractivity contribution in [2.75, 3.05) is 14.2 Å². The van der Waals surface area contributed by atoms with Gasteiger partial charge in [-0.2, -0.15) is 0 Å². The SMILES string of the molecule is COc1ccc(CCC(=O)CC(=O)CCc2ccc(OC)cc2)cc1. The summed E-state index contributed by atoms with van der Waals surface area (Å²) in [5.74, 6) is 1.58. The minimum absolute atomic E-state index is 0.00412. The van der Waals surface area contributed by atoms with Gasteiger partial charge in [0.2, 0.25) is 0 Å². The monoisotopic (exact) mass is 340 g/mol. The summed E-state index contributed by atoms with van der Waals surface area (Å²) >= 11 is 0. The molecule has 4 nitrogen and oxygen atoms in total. The third kappa shape index (κ3) is 6.42. The van der Waals surface area contributed by atoms with Crippen LogP contribution >= 0.6 is 0 Å². The summed E-state index contributed by atoms with van der Waals surface area (Å²) < 4.78 is 10.2. The van der Waals surface area contributed by atoms with E-state index in [0.29, 0.717) is 25.7 Å². The maximum Gasteiger partial charge on any atom is 0.140 e. The van der Waals surface area contributed by atoms with Gasteiger partial charge >= 0.3 is 0 Å². The Morgan fingerprint density at radius 1 is 0.680 bits per heavy atom. The number of hydrogen-bond acceptors (Lipinski definition) is 4. The van der Waals surface area contributed by atoms with E-state index < -0.39 is 0 Å². The van der Waals surface area contributed by atoms with Gasteiger partial charge < -0.3 is 9.47 Å². The van der Waals surface area contributed by atoms with E-state index in [1.54, 1.807) is 14.2 Å². The molecule has 25 heavy (non-hydrogen) atoms. The van der Waals surface area contributed by atoms with Gasteiger partial charge in [0.15, 0.2) is 0 Å². The second-order valence-electron chi connectivity index (χ2n) is 5.95. The molecule has 132 valence electrons. The minimum Gasteiger partial charge on any atom is -0.497 e. The number of ether oxygens (including phenoxy) is 2. The number of rotatable bonds is 10. The third-order valence-corrected chi connectivity index (χ3v) is 4.10. The molecular formula is C21H24O4. The topological polar surface area (TPSA) is 52.6 Å². The van der Waals surface area contributed by atoms with Gasteiger partial charge in [-0.25, -0.2) is 0 Å². The highest BCUT2D eigenvalue weighted by Gasteiger charge is 2.10. The van der Waals surface area contributed by atoms with Gasteiger partial charge in [-0.05, 0) is 48.2 Å². The van der Waals surface area contributed by atoms with Crippen LogP contribution in [0.1, 0.15) is 30.4 Å². The molecule has 0 atom stereocenters. The Bertz CT molecular complexity index is 625. The van der Waals surface area contributed by atoms with Gasteiger partial charge in [0.05, 0.1) is 20.6 Å². The molecule has 4 heteroatoms. The molecule has 0 saturated carbocycles. The highest BCUT2D eigenvalue weighted by atomic mass is 16.5. The zero-order valence-electron chi connectivity index (χ0n) is 14.8. The van der Waals surface area contributed by atoms with E-state index in [1.807, 2.05) is 48.5 Å². The largest absolute Gasteiger partial charge is 0.497 e. The van der Waals surface area contributed by atoms with E-state index in [-0.39, 0.29) is 18.0 Å². The molecule has 0 aliphatic heterocycles. The van der Waals surface area contributed by atoms with Crippen LogP contribution < -0.4 is 9.47 Å². The summed E-state index contributed by atoms with van der Waals surface area (Å²) in [5, 5.41) is 0. The number of Topliss-reactive ketones (excluding diaryl/α,β-unsaturated/α-hetero) is 2. The van der Waals surface area contributed by atoms with E-state index >= 15 is 0 Å². The van der Waals surface area contributed by atoms with E-state index in [9.17, 15) is 9.59 Å². The number of carbonyl (C=O) groups is 2. The molecule has 0 heterocycles. The summed E-state index contributed by atoms with van der Waals surface area (Å²) in [6, 6.07) is 15.3. The molecule has 0 saturated heterocycles. The number of benzene rings is 2. The highest BCUT2D eigenvalue weighted by molar-refractivity contribution is 5.99. The normalized spacial score (nSPS) is 10.3. The van der Waals surface area contributed by atoms with E-state index in [2.05, 4.69) is 0 Å². The Kier molecular flexibility index (Phi) is 7.20. The second kappa shape index (κ2) is 9.62. The number of ketones is 2. The zero-order valence-corrected chi connectivity index (χ0v) is 14.8. The van der Waals surface area contributed by atoms with Crippen LogP contribution in [0.5, 0.6) is 11.5 Å². The van der Waals surface area contributed by atoms with Crippen LogP contribution in [-0.2, 0) is 22.4 Å². The van der Waals surface area contributed by atoms with Crippen molar-refractivity contribution < 1.29 is 19.1 Å². The fraction of sp³-hybridized carbons (Fsp3) is 0.333. The Morgan fingerprint density at radius 2 is 1.04 bits per heavy atom. The van der Waals surface area contributed by atoms with Gasteiger partial charge in [-0.15, -0.1) is 0 Å². The zero-order chi connectivity index (χ0) is 18.1. The molecule has 0 spiro atoms. The van der Waals surface area contributed by atoms with E-state index in [1.165, 1.54) is 0 Å². The van der Waals surface area contributed by atoms with Crippen LogP contribution in [0.25, 0.3) is 0 Å². The molecule has 2 aromatic rings. The molecule has 0 aliphatic rings. The first kappa shape index (κ1) is 18.7. The molecule has 0 bridgehead atoms. The van der Waals surface area contributed by atoms with Crippen LogP contribution in [0, 0.1) is 0 Å². The Morgan fingerprint density at radius 3 is 1.36 bits per heavy atom. The summed E-state index contributed by atoms with van der Waals surface area (Å²) in [6.07, 6.45) is 2.09. The van der Waals surface area contributed by atoms with E-state index in [0.717, 1.165) is 22.6 Å². The number of aryl methyl sites for hydroxylation is 2. The van der Waals surface area contributed by atoms with Gasteiger partial charge in [-0.3, -0.25) is 9.59 Å². The standard InChI is InChI=1S/C21H24O4/c1-24-20-11-5-16(6-12-20)3-9-18(22)15-19(23)10-4-17-7-13-21(25-2)14-8-17/h5-8,11-14H,3-4,9-10,15H2,1-2H3. The van der Waals surface area contributed by atoms with Crippen molar-refractivity contribution in [3.63, 3.8) is 0 Å². The average molecular weight is 340 g/mol. The third-order valence-electron chi connectivity index (χ3n) is 4.10. The molecule has 0 amide bonds. The molecular weight excluding hydrogens is 316 g/mol. The lowest BCUT2D eigenvalue weighted by atomic mass is 10.0. The number of hydrogen-bond donors (Lipinski definition) is 0. The smallest absolute Gasteiger partial charge is 0.140 e. The first-order chi connectivity index (χ1) is 12.1. The predicted molar refractivity (Wildman–Crippen MR) is 97.3 cm³/mol. The maximum atomic E-state index is 12.0. The van der Waals surface area contributed by atoms with Crippen molar-refractivity contribution in [3.05, 3.63) is 59.7 Å². The molecule has 0 N–H and O–H groups in total. The van der Waals surface area contributed by atoms with Crippen molar-refractivity contribution in [2.45, 2.75) is 32.1 Å². The fourth-order valence-electron chi connectivity index (χ4n) is 2.55. The maximum absolute atomic E-state index is 12.0. The van der Waals surface area contributed by atoms with Gasteiger partial charge in [0.25, 0.3) is 0 Å². The molecule has 0 aromatic heterocycles. The van der Waals surface area contributed by atoms with Crippen molar-refractivity contribution in [1.82, 2.24) is 0 Å². The van der Waals surface area contributed by atoms with Crippen molar-refractivity contribution in [1.29, 1.82) is 0 Å². The van der Waals surface area contributed by atoms with Crippen LogP contribution in [-0.4, -0.2) is 25.8 Å². The molecule has 0 aliphatic carbocycles.